The van der Waals surface area contributed by atoms with Crippen LogP contribution in [0.15, 0.2) is 22.7 Å². The lowest BCUT2D eigenvalue weighted by molar-refractivity contribution is 0.311. The van der Waals surface area contributed by atoms with Gasteiger partial charge in [-0.25, -0.2) is 0 Å². The first-order valence-electron chi connectivity index (χ1n) is 4.62. The first kappa shape index (κ1) is 12.5. The van der Waals surface area contributed by atoms with Gasteiger partial charge in [-0.3, -0.25) is 0 Å². The Morgan fingerprint density at radius 2 is 2.20 bits per heavy atom. The van der Waals surface area contributed by atoms with Crippen LogP contribution in [0.25, 0.3) is 0 Å². The molecule has 1 aromatic rings. The molecule has 0 aliphatic rings. The van der Waals surface area contributed by atoms with Gasteiger partial charge in [0.25, 0.3) is 0 Å². The maximum Gasteiger partial charge on any atom is 0.133 e. The number of hydrogen-bond donors (Lipinski definition) is 0. The normalized spacial score (nSPS) is 9.67. The van der Waals surface area contributed by atoms with Crippen LogP contribution in [0.4, 0.5) is 0 Å². The predicted molar refractivity (Wildman–Crippen MR) is 67.1 cm³/mol. The minimum absolute atomic E-state index is 0.539. The highest BCUT2D eigenvalue weighted by atomic mass is 79.9. The van der Waals surface area contributed by atoms with E-state index in [2.05, 4.69) is 37.9 Å². The summed E-state index contributed by atoms with van der Waals surface area (Å²) in [5.41, 5.74) is 1.20. The Kier molecular flexibility index (Phi) is 5.74. The van der Waals surface area contributed by atoms with E-state index in [1.54, 1.807) is 0 Å². The van der Waals surface area contributed by atoms with Crippen LogP contribution in [0.2, 0.25) is 0 Å². The minimum Gasteiger partial charge on any atom is -0.492 e. The lowest BCUT2D eigenvalue weighted by atomic mass is 10.2. The zero-order valence-corrected chi connectivity index (χ0v) is 11.3. The van der Waals surface area contributed by atoms with Crippen molar-refractivity contribution in [1.82, 2.24) is 0 Å². The topological polar surface area (TPSA) is 33.0 Å². The van der Waals surface area contributed by atoms with Gasteiger partial charge in [-0.2, -0.15) is 5.26 Å². The molecule has 2 nitrogen and oxygen atoms in total. The Morgan fingerprint density at radius 3 is 2.80 bits per heavy atom. The Morgan fingerprint density at radius 1 is 1.40 bits per heavy atom. The highest BCUT2D eigenvalue weighted by molar-refractivity contribution is 9.10. The summed E-state index contributed by atoms with van der Waals surface area (Å²) in [6.45, 7) is 0.583. The molecule has 0 unspecified atom stereocenters. The Balaban J connectivity index is 2.51. The van der Waals surface area contributed by atoms with Crippen molar-refractivity contribution in [2.75, 3.05) is 6.61 Å². The molecule has 80 valence electrons. The number of benzene rings is 1. The quantitative estimate of drug-likeness (QED) is 0.602. The highest BCUT2D eigenvalue weighted by Crippen LogP contribution is 2.26. The molecular weight excluding hydrogens is 322 g/mol. The van der Waals surface area contributed by atoms with Crippen LogP contribution in [-0.2, 0) is 5.33 Å². The number of rotatable bonds is 5. The van der Waals surface area contributed by atoms with Gasteiger partial charge in [0.2, 0.25) is 0 Å². The van der Waals surface area contributed by atoms with E-state index in [9.17, 15) is 0 Å². The average Bonchev–Trinajstić information content (AvgIpc) is 2.26. The van der Waals surface area contributed by atoms with Crippen LogP contribution < -0.4 is 4.74 Å². The molecule has 4 heteroatoms. The van der Waals surface area contributed by atoms with E-state index in [0.29, 0.717) is 13.0 Å². The molecule has 0 aliphatic carbocycles. The lowest BCUT2D eigenvalue weighted by Gasteiger charge is -2.07. The number of halogens is 2. The monoisotopic (exact) mass is 331 g/mol. The van der Waals surface area contributed by atoms with Crippen molar-refractivity contribution in [2.24, 2.45) is 0 Å². The van der Waals surface area contributed by atoms with Crippen molar-refractivity contribution in [1.29, 1.82) is 5.26 Å². The third-order valence-electron chi connectivity index (χ3n) is 1.84. The molecule has 0 saturated heterocycles. The number of hydrogen-bond acceptors (Lipinski definition) is 2. The van der Waals surface area contributed by atoms with Crippen molar-refractivity contribution >= 4 is 31.9 Å². The molecule has 15 heavy (non-hydrogen) atoms. The Hall–Kier alpha value is -0.530. The van der Waals surface area contributed by atoms with E-state index < -0.39 is 0 Å². The second kappa shape index (κ2) is 6.86. The summed E-state index contributed by atoms with van der Waals surface area (Å²) in [6.07, 6.45) is 1.31. The van der Waals surface area contributed by atoms with Crippen molar-refractivity contribution in [3.63, 3.8) is 0 Å². The summed E-state index contributed by atoms with van der Waals surface area (Å²) in [6, 6.07) is 8.06. The van der Waals surface area contributed by atoms with E-state index in [-0.39, 0.29) is 0 Å². The highest BCUT2D eigenvalue weighted by Gasteiger charge is 2.01. The standard InChI is InChI=1S/C11H11Br2NO/c12-8-9-3-4-11(10(13)7-9)15-6-2-1-5-14/h3-4,7H,1-2,6,8H2. The van der Waals surface area contributed by atoms with E-state index >= 15 is 0 Å². The summed E-state index contributed by atoms with van der Waals surface area (Å²) in [4.78, 5) is 0. The number of alkyl halides is 1. The molecule has 0 N–H and O–H groups in total. The summed E-state index contributed by atoms with van der Waals surface area (Å²) in [7, 11) is 0. The van der Waals surface area contributed by atoms with Gasteiger partial charge in [-0.15, -0.1) is 0 Å². The van der Waals surface area contributed by atoms with Crippen molar-refractivity contribution in [3.8, 4) is 11.8 Å². The van der Waals surface area contributed by atoms with Gasteiger partial charge in [0.1, 0.15) is 5.75 Å². The molecule has 0 aliphatic heterocycles. The van der Waals surface area contributed by atoms with Gasteiger partial charge >= 0.3 is 0 Å². The number of nitriles is 1. The van der Waals surface area contributed by atoms with Gasteiger partial charge in [-0.05, 0) is 40.0 Å². The second-order valence-electron chi connectivity index (χ2n) is 3.01. The van der Waals surface area contributed by atoms with Gasteiger partial charge in [0.15, 0.2) is 0 Å². The number of ether oxygens (including phenoxy) is 1. The average molecular weight is 333 g/mol. The lowest BCUT2D eigenvalue weighted by Crippen LogP contribution is -1.97. The first-order chi connectivity index (χ1) is 7.27. The molecule has 0 aromatic heterocycles. The molecular formula is C11H11Br2NO. The fourth-order valence-corrected chi connectivity index (χ4v) is 1.97. The fraction of sp³-hybridized carbons (Fsp3) is 0.364. The van der Waals surface area contributed by atoms with Crippen LogP contribution >= 0.6 is 31.9 Å². The Labute approximate surface area is 106 Å². The molecule has 1 rings (SSSR count). The van der Waals surface area contributed by atoms with Crippen LogP contribution in [-0.4, -0.2) is 6.61 Å². The van der Waals surface area contributed by atoms with Crippen LogP contribution in [0.5, 0.6) is 5.75 Å². The van der Waals surface area contributed by atoms with Crippen LogP contribution in [0.1, 0.15) is 18.4 Å². The zero-order valence-electron chi connectivity index (χ0n) is 8.17. The Bertz CT molecular complexity index is 360. The van der Waals surface area contributed by atoms with E-state index in [4.69, 9.17) is 10.00 Å². The third-order valence-corrected chi connectivity index (χ3v) is 3.11. The molecule has 1 aromatic carbocycles. The first-order valence-corrected chi connectivity index (χ1v) is 6.53. The van der Waals surface area contributed by atoms with Gasteiger partial charge in [0, 0.05) is 11.8 Å². The van der Waals surface area contributed by atoms with E-state index in [0.717, 1.165) is 22.0 Å². The third kappa shape index (κ3) is 4.23. The van der Waals surface area contributed by atoms with E-state index in [1.165, 1.54) is 5.56 Å². The molecule has 0 bridgehead atoms. The fourth-order valence-electron chi connectivity index (χ4n) is 1.08. The second-order valence-corrected chi connectivity index (χ2v) is 4.42. The van der Waals surface area contributed by atoms with Gasteiger partial charge < -0.3 is 4.74 Å². The summed E-state index contributed by atoms with van der Waals surface area (Å²) in [5, 5.41) is 9.20. The summed E-state index contributed by atoms with van der Waals surface area (Å²) >= 11 is 6.84. The number of unbranched alkanes of at least 4 members (excludes halogenated alkanes) is 1. The van der Waals surface area contributed by atoms with Gasteiger partial charge in [-0.1, -0.05) is 22.0 Å². The van der Waals surface area contributed by atoms with E-state index in [1.807, 2.05) is 18.2 Å². The molecule has 0 amide bonds. The van der Waals surface area contributed by atoms with Crippen LogP contribution in [0, 0.1) is 11.3 Å². The molecule has 0 heterocycles. The maximum atomic E-state index is 8.37. The minimum atomic E-state index is 0.539. The van der Waals surface area contributed by atoms with Crippen molar-refractivity contribution in [2.45, 2.75) is 18.2 Å². The zero-order chi connectivity index (χ0) is 11.1. The molecule has 0 atom stereocenters. The largest absolute Gasteiger partial charge is 0.492 e. The molecule has 0 fully saturated rings. The summed E-state index contributed by atoms with van der Waals surface area (Å²) < 4.78 is 6.48. The van der Waals surface area contributed by atoms with Crippen molar-refractivity contribution in [3.05, 3.63) is 28.2 Å². The number of nitrogens with zero attached hydrogens (tertiary/aromatic N) is 1. The maximum absolute atomic E-state index is 8.37. The summed E-state index contributed by atoms with van der Waals surface area (Å²) in [5.74, 6) is 0.831. The molecule has 0 spiro atoms. The van der Waals surface area contributed by atoms with Crippen LogP contribution in [0.3, 0.4) is 0 Å². The SMILES string of the molecule is N#CCCCOc1ccc(CBr)cc1Br. The van der Waals surface area contributed by atoms with Crippen molar-refractivity contribution < 1.29 is 4.74 Å². The molecule has 0 saturated carbocycles. The molecule has 0 radical (unpaired) electrons. The smallest absolute Gasteiger partial charge is 0.133 e. The van der Waals surface area contributed by atoms with Gasteiger partial charge in [0.05, 0.1) is 17.1 Å². The predicted octanol–water partition coefficient (Wildman–Crippen LogP) is 4.03.